The zero-order chi connectivity index (χ0) is 47.1. The predicted octanol–water partition coefficient (Wildman–Crippen LogP) is 18.0. The second-order valence-electron chi connectivity index (χ2n) is 18.8. The second kappa shape index (κ2) is 18.8. The summed E-state index contributed by atoms with van der Waals surface area (Å²) in [7, 11) is 0. The fourth-order valence-electron chi connectivity index (χ4n) is 9.44. The summed E-state index contributed by atoms with van der Waals surface area (Å²) in [6, 6.07) is 51.5. The van der Waals surface area contributed by atoms with Gasteiger partial charge in [-0.25, -0.2) is 19.9 Å². The Morgan fingerprint density at radius 1 is 0.324 bits per heavy atom. The number of nitrogens with zero attached hydrogens (tertiary/aromatic N) is 4. The number of hydrogen-bond acceptors (Lipinski definition) is 6. The SMILES string of the molecule is CCC(C)c1ccc(C(C)CC)c2oc(-c3ccc(-c4ccc(-c5nc6ccccc6nc5-c5ccc(-c6ccc(-c7nc8c(C(C)CC)ccc(C(C)CC)c8o7)cc6)cc5)cc4)cc3)nc12. The van der Waals surface area contributed by atoms with E-state index in [1.165, 1.54) is 22.3 Å². The highest BCUT2D eigenvalue weighted by atomic mass is 16.4. The molecule has 0 aliphatic carbocycles. The van der Waals surface area contributed by atoms with Gasteiger partial charge in [-0.05, 0) is 130 Å². The Hall–Kier alpha value is -7.18. The maximum Gasteiger partial charge on any atom is 0.227 e. The number of benzene rings is 7. The van der Waals surface area contributed by atoms with Crippen LogP contribution in [-0.4, -0.2) is 19.9 Å². The van der Waals surface area contributed by atoms with E-state index >= 15 is 0 Å². The van der Waals surface area contributed by atoms with Crippen molar-refractivity contribution < 1.29 is 8.83 Å². The van der Waals surface area contributed by atoms with E-state index < -0.39 is 0 Å². The topological polar surface area (TPSA) is 77.8 Å². The van der Waals surface area contributed by atoms with Gasteiger partial charge in [0.2, 0.25) is 11.8 Å². The van der Waals surface area contributed by atoms with E-state index in [9.17, 15) is 0 Å². The van der Waals surface area contributed by atoms with Gasteiger partial charge in [0.15, 0.2) is 11.2 Å². The molecule has 6 nitrogen and oxygen atoms in total. The summed E-state index contributed by atoms with van der Waals surface area (Å²) in [5, 5.41) is 0. The van der Waals surface area contributed by atoms with Crippen LogP contribution in [-0.2, 0) is 0 Å². The van der Waals surface area contributed by atoms with Gasteiger partial charge in [-0.1, -0.05) is 165 Å². The number of rotatable bonds is 14. The van der Waals surface area contributed by atoms with Gasteiger partial charge in [0.25, 0.3) is 0 Å². The Morgan fingerprint density at radius 2 is 0.603 bits per heavy atom. The largest absolute Gasteiger partial charge is 0.436 e. The van der Waals surface area contributed by atoms with Crippen molar-refractivity contribution in [3.8, 4) is 67.7 Å². The molecule has 4 unspecified atom stereocenters. The van der Waals surface area contributed by atoms with Crippen LogP contribution in [0.1, 0.15) is 127 Å². The zero-order valence-electron chi connectivity index (χ0n) is 40.6. The highest BCUT2D eigenvalue weighted by Gasteiger charge is 2.23. The van der Waals surface area contributed by atoms with E-state index in [4.69, 9.17) is 28.8 Å². The van der Waals surface area contributed by atoms with Crippen molar-refractivity contribution in [2.24, 2.45) is 0 Å². The van der Waals surface area contributed by atoms with Crippen molar-refractivity contribution in [1.29, 1.82) is 0 Å². The summed E-state index contributed by atoms with van der Waals surface area (Å²) in [6.45, 7) is 18.0. The smallest absolute Gasteiger partial charge is 0.227 e. The summed E-state index contributed by atoms with van der Waals surface area (Å²) in [5.74, 6) is 2.92. The number of aromatic nitrogens is 4. The van der Waals surface area contributed by atoms with Crippen LogP contribution in [0.25, 0.3) is 101 Å². The van der Waals surface area contributed by atoms with E-state index in [0.717, 1.165) is 115 Å². The molecule has 10 rings (SSSR count). The van der Waals surface area contributed by atoms with Crippen LogP contribution in [0.2, 0.25) is 0 Å². The third-order valence-corrected chi connectivity index (χ3v) is 14.6. The Balaban J connectivity index is 0.916. The molecule has 0 amide bonds. The molecule has 3 heterocycles. The van der Waals surface area contributed by atoms with Crippen LogP contribution in [0.3, 0.4) is 0 Å². The van der Waals surface area contributed by atoms with E-state index in [2.05, 4.69) is 177 Å². The van der Waals surface area contributed by atoms with Gasteiger partial charge >= 0.3 is 0 Å². The molecule has 0 saturated carbocycles. The summed E-state index contributed by atoms with van der Waals surface area (Å²) in [5.41, 5.74) is 20.6. The van der Waals surface area contributed by atoms with Crippen molar-refractivity contribution in [2.45, 2.75) is 105 Å². The normalized spacial score (nSPS) is 13.6. The first-order valence-corrected chi connectivity index (χ1v) is 24.7. The average Bonchev–Trinajstić information content (AvgIpc) is 4.06. The first-order valence-electron chi connectivity index (χ1n) is 24.7. The van der Waals surface area contributed by atoms with Crippen LogP contribution in [0.4, 0.5) is 0 Å². The molecule has 0 fully saturated rings. The van der Waals surface area contributed by atoms with Gasteiger partial charge < -0.3 is 8.83 Å². The number of oxazole rings is 2. The molecule has 0 radical (unpaired) electrons. The third kappa shape index (κ3) is 8.31. The van der Waals surface area contributed by atoms with Gasteiger partial charge in [0, 0.05) is 22.3 Å². The molecule has 340 valence electrons. The van der Waals surface area contributed by atoms with Crippen LogP contribution in [0.5, 0.6) is 0 Å². The van der Waals surface area contributed by atoms with Gasteiger partial charge in [-0.15, -0.1) is 0 Å². The molecule has 0 saturated heterocycles. The minimum atomic E-state index is 0.391. The minimum Gasteiger partial charge on any atom is -0.436 e. The molecular weight excluding hydrogens is 833 g/mol. The average molecular weight is 893 g/mol. The number of hydrogen-bond donors (Lipinski definition) is 0. The first kappa shape index (κ1) is 44.6. The van der Waals surface area contributed by atoms with Crippen molar-refractivity contribution >= 4 is 33.2 Å². The highest BCUT2D eigenvalue weighted by Crippen LogP contribution is 2.40. The van der Waals surface area contributed by atoms with Gasteiger partial charge in [0.05, 0.1) is 22.4 Å². The van der Waals surface area contributed by atoms with Crippen molar-refractivity contribution in [3.63, 3.8) is 0 Å². The maximum absolute atomic E-state index is 6.58. The Labute approximate surface area is 400 Å². The molecule has 3 aromatic heterocycles. The van der Waals surface area contributed by atoms with Crippen LogP contribution < -0.4 is 0 Å². The summed E-state index contributed by atoms with van der Waals surface area (Å²) in [6.07, 6.45) is 4.19. The molecule has 0 bridgehead atoms. The van der Waals surface area contributed by atoms with Crippen LogP contribution >= 0.6 is 0 Å². The summed E-state index contributed by atoms with van der Waals surface area (Å²) < 4.78 is 13.2. The molecule has 10 aromatic rings. The van der Waals surface area contributed by atoms with Crippen molar-refractivity contribution in [1.82, 2.24) is 19.9 Å². The van der Waals surface area contributed by atoms with Gasteiger partial charge in [0.1, 0.15) is 11.0 Å². The molecule has 0 aliphatic heterocycles. The lowest BCUT2D eigenvalue weighted by atomic mass is 9.91. The fourth-order valence-corrected chi connectivity index (χ4v) is 9.44. The van der Waals surface area contributed by atoms with Gasteiger partial charge in [-0.2, -0.15) is 0 Å². The standard InChI is InChI=1S/C62H60N4O2/c1-9-37(5)49-33-35-51(39(7)11-3)59-57(49)65-61(67-59)47-29-21-43(22-30-47)41-17-25-45(26-18-41)55-56(64-54-16-14-13-15-53(54)63-55)46-27-19-42(20-28-46)44-23-31-48(32-24-44)62-66-58-50(38(6)10-2)34-36-52(40(8)12-4)60(58)68-62/h13-40H,9-12H2,1-8H3. The summed E-state index contributed by atoms with van der Waals surface area (Å²) in [4.78, 5) is 20.6. The number of para-hydroxylation sites is 2. The molecule has 0 aliphatic rings. The third-order valence-electron chi connectivity index (χ3n) is 14.6. The highest BCUT2D eigenvalue weighted by molar-refractivity contribution is 5.88. The minimum absolute atomic E-state index is 0.391. The molecule has 7 aromatic carbocycles. The molecule has 68 heavy (non-hydrogen) atoms. The molecule has 4 atom stereocenters. The van der Waals surface area contributed by atoms with E-state index in [1.54, 1.807) is 0 Å². The molecule has 0 spiro atoms. The predicted molar refractivity (Wildman–Crippen MR) is 282 cm³/mol. The quantitative estimate of drug-likeness (QED) is 0.108. The Bertz CT molecular complexity index is 3060. The Morgan fingerprint density at radius 3 is 0.926 bits per heavy atom. The van der Waals surface area contributed by atoms with E-state index in [-0.39, 0.29) is 0 Å². The first-order chi connectivity index (χ1) is 33.2. The lowest BCUT2D eigenvalue weighted by Crippen LogP contribution is -1.97. The molecule has 6 heteroatoms. The second-order valence-corrected chi connectivity index (χ2v) is 18.8. The van der Waals surface area contributed by atoms with Crippen molar-refractivity contribution in [3.05, 3.63) is 168 Å². The van der Waals surface area contributed by atoms with Gasteiger partial charge in [-0.3, -0.25) is 0 Å². The maximum atomic E-state index is 6.58. The number of fused-ring (bicyclic) bond motifs is 3. The van der Waals surface area contributed by atoms with E-state index in [1.807, 2.05) is 24.3 Å². The summed E-state index contributed by atoms with van der Waals surface area (Å²) >= 11 is 0. The Kier molecular flexibility index (Phi) is 12.4. The lowest BCUT2D eigenvalue weighted by molar-refractivity contribution is 0.605. The fraction of sp³-hybridized carbons (Fsp3) is 0.258. The lowest BCUT2D eigenvalue weighted by Gasteiger charge is -2.13. The van der Waals surface area contributed by atoms with Crippen molar-refractivity contribution in [2.75, 3.05) is 0 Å². The van der Waals surface area contributed by atoms with Crippen LogP contribution in [0.15, 0.2) is 154 Å². The molecular formula is C62H60N4O2. The van der Waals surface area contributed by atoms with E-state index in [0.29, 0.717) is 35.5 Å². The molecule has 0 N–H and O–H groups in total. The van der Waals surface area contributed by atoms with Crippen LogP contribution in [0, 0.1) is 0 Å². The zero-order valence-corrected chi connectivity index (χ0v) is 40.6. The monoisotopic (exact) mass is 892 g/mol.